The van der Waals surface area contributed by atoms with Crippen molar-refractivity contribution in [2.45, 2.75) is 0 Å². The van der Waals surface area contributed by atoms with Crippen LogP contribution < -0.4 is 29.6 Å². The van der Waals surface area contributed by atoms with Crippen molar-refractivity contribution in [1.29, 1.82) is 0 Å². The highest BCUT2D eigenvalue weighted by Crippen LogP contribution is 2.36. The van der Waals surface area contributed by atoms with Crippen LogP contribution in [0.4, 0.5) is 23.0 Å². The van der Waals surface area contributed by atoms with Crippen molar-refractivity contribution in [3.63, 3.8) is 0 Å². The summed E-state index contributed by atoms with van der Waals surface area (Å²) in [7, 11) is 6.50. The smallest absolute Gasteiger partial charge is 0.163 e. The standard InChI is InChI=1S/2C22H23N3O4.ClH.H2/c2*1-4-16-6-5-7-17(12-16)25-22-18-13-20(28-10-8-26-2)21(29-11-9-27-3)14-19(18)23-15-24-22;;/h2*1,5-7,12-15H,8-11H2,2-3H3,(H,23,24,25);2*1H/i;;;1+1. The van der Waals surface area contributed by atoms with Crippen molar-refractivity contribution in [3.8, 4) is 47.7 Å². The molecule has 310 valence electrons. The highest BCUT2D eigenvalue weighted by atomic mass is 35.5. The van der Waals surface area contributed by atoms with Gasteiger partial charge in [-0.2, -0.15) is 0 Å². The van der Waals surface area contributed by atoms with Crippen molar-refractivity contribution in [2.24, 2.45) is 0 Å². The first kappa shape index (κ1) is 45.3. The van der Waals surface area contributed by atoms with E-state index in [-0.39, 0.29) is 13.8 Å². The average Bonchev–Trinajstić information content (AvgIpc) is 3.25. The van der Waals surface area contributed by atoms with E-state index in [1.165, 1.54) is 12.7 Å². The van der Waals surface area contributed by atoms with E-state index in [0.717, 1.165) is 44.3 Å². The Balaban J connectivity index is 0.000000310. The topological polar surface area (TPSA) is 149 Å². The van der Waals surface area contributed by atoms with Gasteiger partial charge in [-0.25, -0.2) is 19.9 Å². The number of nitrogens with zero attached hydrogens (tertiary/aromatic N) is 4. The summed E-state index contributed by atoms with van der Waals surface area (Å²) in [5.74, 6) is 8.89. The van der Waals surface area contributed by atoms with Crippen LogP contribution in [-0.2, 0) is 18.9 Å². The lowest BCUT2D eigenvalue weighted by molar-refractivity contribution is 0.132. The molecule has 0 amide bonds. The normalized spacial score (nSPS) is 10.3. The van der Waals surface area contributed by atoms with Crippen molar-refractivity contribution >= 4 is 57.2 Å². The van der Waals surface area contributed by atoms with Crippen molar-refractivity contribution in [2.75, 3.05) is 91.9 Å². The highest BCUT2D eigenvalue weighted by molar-refractivity contribution is 5.94. The number of anilines is 4. The second kappa shape index (κ2) is 24.4. The Kier molecular flexibility index (Phi) is 18.7. The SMILES string of the molecule is C#Cc1cccc(Nc2ncnc3cc(OCCOC)c(OCCOC)cc23)c1.C#Cc1cccc(Nc2ncnc3cc(OCCOC)c(OCCOC)cc23)c1.Cl.[2HH]. The number of terminal acetylenes is 2. The molecule has 0 aliphatic rings. The second-order valence-corrected chi connectivity index (χ2v) is 12.1. The van der Waals surface area contributed by atoms with E-state index in [4.69, 9.17) is 50.7 Å². The van der Waals surface area contributed by atoms with E-state index in [9.17, 15) is 0 Å². The Morgan fingerprint density at radius 3 is 1.19 bits per heavy atom. The van der Waals surface area contributed by atoms with E-state index in [2.05, 4.69) is 42.4 Å². The molecule has 0 aliphatic heterocycles. The quantitative estimate of drug-likeness (QED) is 0.0579. The van der Waals surface area contributed by atoms with Gasteiger partial charge in [-0.05, 0) is 48.5 Å². The van der Waals surface area contributed by atoms with E-state index in [1.807, 2.05) is 72.8 Å². The van der Waals surface area contributed by atoms with Gasteiger partial charge < -0.3 is 48.5 Å². The van der Waals surface area contributed by atoms with Gasteiger partial charge in [-0.15, -0.1) is 25.3 Å². The van der Waals surface area contributed by atoms with Crippen LogP contribution in [0, 0.1) is 24.7 Å². The highest BCUT2D eigenvalue weighted by Gasteiger charge is 2.15. The predicted octanol–water partition coefficient (Wildman–Crippen LogP) is 7.48. The summed E-state index contributed by atoms with van der Waals surface area (Å²) in [6.07, 6.45) is 14.0. The van der Waals surface area contributed by atoms with E-state index in [1.54, 1.807) is 28.4 Å². The van der Waals surface area contributed by atoms with Crippen LogP contribution in [0.2, 0.25) is 0 Å². The summed E-state index contributed by atoms with van der Waals surface area (Å²) in [4.78, 5) is 17.5. The zero-order valence-corrected chi connectivity index (χ0v) is 34.2. The lowest BCUT2D eigenvalue weighted by Crippen LogP contribution is -2.09. The molecule has 2 N–H and O–H groups in total. The number of aromatic nitrogens is 4. The second-order valence-electron chi connectivity index (χ2n) is 12.1. The van der Waals surface area contributed by atoms with Gasteiger partial charge in [0.25, 0.3) is 0 Å². The number of methoxy groups -OCH3 is 4. The van der Waals surface area contributed by atoms with Crippen molar-refractivity contribution in [3.05, 3.63) is 96.6 Å². The summed E-state index contributed by atoms with van der Waals surface area (Å²) in [5, 5.41) is 8.19. The molecule has 0 radical (unpaired) electrons. The molecular formula is C44H49ClN6O8. The zero-order valence-electron chi connectivity index (χ0n) is 33.4. The Bertz CT molecular complexity index is 2180. The van der Waals surface area contributed by atoms with Crippen LogP contribution in [0.1, 0.15) is 12.6 Å². The molecule has 0 spiro atoms. The molecule has 0 unspecified atom stereocenters. The molecule has 0 saturated carbocycles. The fourth-order valence-corrected chi connectivity index (χ4v) is 5.37. The minimum atomic E-state index is 0. The molecular weight excluding hydrogens is 776 g/mol. The first-order chi connectivity index (χ1) is 28.5. The fourth-order valence-electron chi connectivity index (χ4n) is 5.37. The number of nitrogens with one attached hydrogen (secondary N) is 2. The summed E-state index contributed by atoms with van der Waals surface area (Å²) in [5.41, 5.74) is 4.69. The van der Waals surface area contributed by atoms with Gasteiger partial charge in [-0.1, -0.05) is 24.0 Å². The molecule has 15 heteroatoms. The van der Waals surface area contributed by atoms with Crippen LogP contribution >= 0.6 is 12.4 Å². The van der Waals surface area contributed by atoms with Gasteiger partial charge in [0.2, 0.25) is 0 Å². The minimum absolute atomic E-state index is 0. The lowest BCUT2D eigenvalue weighted by Gasteiger charge is -2.15. The van der Waals surface area contributed by atoms with Crippen LogP contribution in [-0.4, -0.2) is 101 Å². The number of hydrogen-bond donors (Lipinski definition) is 2. The van der Waals surface area contributed by atoms with Gasteiger partial charge in [0.05, 0.1) is 37.5 Å². The van der Waals surface area contributed by atoms with Gasteiger partial charge >= 0.3 is 0 Å². The Morgan fingerprint density at radius 1 is 0.492 bits per heavy atom. The van der Waals surface area contributed by atoms with Crippen LogP contribution in [0.5, 0.6) is 23.0 Å². The number of hydrogen-bond acceptors (Lipinski definition) is 14. The molecule has 6 rings (SSSR count). The van der Waals surface area contributed by atoms with Crippen molar-refractivity contribution in [1.82, 2.24) is 19.9 Å². The van der Waals surface area contributed by atoms with E-state index >= 15 is 0 Å². The molecule has 0 saturated heterocycles. The third-order valence-corrected chi connectivity index (χ3v) is 8.17. The molecule has 14 nitrogen and oxygen atoms in total. The number of ether oxygens (including phenoxy) is 8. The third-order valence-electron chi connectivity index (χ3n) is 8.17. The molecule has 0 bridgehead atoms. The Labute approximate surface area is 351 Å². The molecule has 0 aliphatic carbocycles. The molecule has 2 heterocycles. The minimum Gasteiger partial charge on any atom is -0.487 e. The van der Waals surface area contributed by atoms with E-state index < -0.39 is 0 Å². The van der Waals surface area contributed by atoms with Crippen LogP contribution in [0.25, 0.3) is 21.8 Å². The molecule has 0 fully saturated rings. The average molecular weight is 826 g/mol. The first-order valence-corrected chi connectivity index (χ1v) is 18.2. The number of benzene rings is 4. The fraction of sp³-hybridized carbons (Fsp3) is 0.273. The summed E-state index contributed by atoms with van der Waals surface area (Å²) < 4.78 is 43.6. The lowest BCUT2D eigenvalue weighted by atomic mass is 10.2. The Morgan fingerprint density at radius 2 is 0.847 bits per heavy atom. The first-order valence-electron chi connectivity index (χ1n) is 18.2. The maximum Gasteiger partial charge on any atom is 0.163 e. The molecule has 6 aromatic rings. The third kappa shape index (κ3) is 13.3. The zero-order chi connectivity index (χ0) is 41.0. The largest absolute Gasteiger partial charge is 0.487 e. The predicted molar refractivity (Wildman–Crippen MR) is 233 cm³/mol. The molecule has 59 heavy (non-hydrogen) atoms. The Hall–Kier alpha value is -6.39. The molecule has 4 aromatic carbocycles. The van der Waals surface area contributed by atoms with Gasteiger partial charge in [0.1, 0.15) is 50.7 Å². The molecule has 0 atom stereocenters. The van der Waals surface area contributed by atoms with E-state index in [0.29, 0.717) is 87.5 Å². The monoisotopic (exact) mass is 825 g/mol. The van der Waals surface area contributed by atoms with Gasteiger partial charge in [0, 0.05) is 75.3 Å². The van der Waals surface area contributed by atoms with Crippen LogP contribution in [0.15, 0.2) is 85.5 Å². The van der Waals surface area contributed by atoms with Crippen LogP contribution in [0.3, 0.4) is 0 Å². The maximum absolute atomic E-state index is 5.86. The maximum atomic E-state index is 5.86. The summed E-state index contributed by atoms with van der Waals surface area (Å²) >= 11 is 0. The summed E-state index contributed by atoms with van der Waals surface area (Å²) in [6.45, 7) is 3.45. The van der Waals surface area contributed by atoms with Gasteiger partial charge in [0.15, 0.2) is 23.0 Å². The summed E-state index contributed by atoms with van der Waals surface area (Å²) in [6, 6.07) is 22.5. The van der Waals surface area contributed by atoms with Gasteiger partial charge in [-0.3, -0.25) is 0 Å². The number of halogens is 1. The number of rotatable bonds is 20. The number of fused-ring (bicyclic) bond motifs is 2. The van der Waals surface area contributed by atoms with Crippen molar-refractivity contribution < 1.29 is 39.3 Å². The molecule has 2 aromatic heterocycles.